The highest BCUT2D eigenvalue weighted by Gasteiger charge is 2.20. The molecule has 0 atom stereocenters. The van der Waals surface area contributed by atoms with Crippen LogP contribution in [0.4, 0.5) is 0 Å². The second-order valence-corrected chi connectivity index (χ2v) is 3.58. The molecule has 0 aliphatic carbocycles. The number of carbonyl (C=O) groups is 1. The minimum Gasteiger partial charge on any atom is -0.308 e. The van der Waals surface area contributed by atoms with Gasteiger partial charge in [-0.1, -0.05) is 0 Å². The van der Waals surface area contributed by atoms with Crippen LogP contribution in [-0.2, 0) is 11.9 Å². The molecule has 6 nitrogen and oxygen atoms in total. The monoisotopic (exact) mass is 234 g/mol. The molecule has 6 heteroatoms. The first kappa shape index (κ1) is 11.4. The van der Waals surface area contributed by atoms with Crippen LogP contribution >= 0.6 is 0 Å². The van der Waals surface area contributed by atoms with Crippen molar-refractivity contribution in [3.05, 3.63) is 36.3 Å². The minimum absolute atomic E-state index is 0.232. The van der Waals surface area contributed by atoms with E-state index < -0.39 is 0 Å². The quantitative estimate of drug-likeness (QED) is 0.740. The van der Waals surface area contributed by atoms with Crippen molar-refractivity contribution in [3.8, 4) is 5.82 Å². The predicted octanol–water partition coefficient (Wildman–Crippen LogP) is 0.844. The molecule has 0 aliphatic rings. The Bertz CT molecular complexity index is 516. The van der Waals surface area contributed by atoms with Gasteiger partial charge in [0.2, 0.25) is 0 Å². The first-order valence-electron chi connectivity index (χ1n) is 5.12. The SMILES string of the molecule is CON(C)C(=O)c1cnn(C)c1-n1cccc1. The van der Waals surface area contributed by atoms with Crippen molar-refractivity contribution in [2.24, 2.45) is 7.05 Å². The molecule has 0 bridgehead atoms. The number of hydrogen-bond donors (Lipinski definition) is 0. The summed E-state index contributed by atoms with van der Waals surface area (Å²) in [6, 6.07) is 3.78. The van der Waals surface area contributed by atoms with E-state index in [9.17, 15) is 4.79 Å². The Morgan fingerprint density at radius 3 is 2.65 bits per heavy atom. The maximum Gasteiger partial charge on any atom is 0.282 e. The molecule has 17 heavy (non-hydrogen) atoms. The van der Waals surface area contributed by atoms with E-state index in [1.54, 1.807) is 18.8 Å². The molecule has 2 aromatic rings. The zero-order valence-electron chi connectivity index (χ0n) is 9.99. The number of aromatic nitrogens is 3. The number of carbonyl (C=O) groups excluding carboxylic acids is 1. The first-order valence-corrected chi connectivity index (χ1v) is 5.12. The highest BCUT2D eigenvalue weighted by molar-refractivity contribution is 5.96. The van der Waals surface area contributed by atoms with Crippen molar-refractivity contribution >= 4 is 5.91 Å². The van der Waals surface area contributed by atoms with E-state index in [0.717, 1.165) is 0 Å². The highest BCUT2D eigenvalue weighted by Crippen LogP contribution is 2.15. The van der Waals surface area contributed by atoms with Gasteiger partial charge in [0.1, 0.15) is 11.4 Å². The van der Waals surface area contributed by atoms with E-state index in [1.807, 2.05) is 29.1 Å². The van der Waals surface area contributed by atoms with Crippen LogP contribution in [0.1, 0.15) is 10.4 Å². The van der Waals surface area contributed by atoms with E-state index >= 15 is 0 Å². The molecule has 0 fully saturated rings. The smallest absolute Gasteiger partial charge is 0.282 e. The van der Waals surface area contributed by atoms with E-state index in [2.05, 4.69) is 5.10 Å². The van der Waals surface area contributed by atoms with Gasteiger partial charge in [-0.05, 0) is 12.1 Å². The van der Waals surface area contributed by atoms with Crippen LogP contribution in [0.2, 0.25) is 0 Å². The lowest BCUT2D eigenvalue weighted by Crippen LogP contribution is -2.26. The third-order valence-corrected chi connectivity index (χ3v) is 2.55. The molecule has 1 amide bonds. The van der Waals surface area contributed by atoms with Gasteiger partial charge in [-0.25, -0.2) is 5.06 Å². The zero-order chi connectivity index (χ0) is 12.4. The van der Waals surface area contributed by atoms with Crippen LogP contribution in [0.5, 0.6) is 0 Å². The highest BCUT2D eigenvalue weighted by atomic mass is 16.7. The number of rotatable bonds is 3. The van der Waals surface area contributed by atoms with Gasteiger partial charge in [0.05, 0.1) is 13.3 Å². The second-order valence-electron chi connectivity index (χ2n) is 3.58. The number of amides is 1. The third kappa shape index (κ3) is 1.94. The molecule has 0 spiro atoms. The Labute approximate surface area is 99.0 Å². The number of nitrogens with zero attached hydrogens (tertiary/aromatic N) is 4. The lowest BCUT2D eigenvalue weighted by molar-refractivity contribution is -0.0756. The molecule has 90 valence electrons. The van der Waals surface area contributed by atoms with E-state index in [0.29, 0.717) is 11.4 Å². The van der Waals surface area contributed by atoms with Crippen LogP contribution < -0.4 is 0 Å². The van der Waals surface area contributed by atoms with Crippen LogP contribution in [0.25, 0.3) is 5.82 Å². The van der Waals surface area contributed by atoms with Crippen LogP contribution in [0.3, 0.4) is 0 Å². The molecule has 0 aliphatic heterocycles. The Balaban J connectivity index is 2.47. The van der Waals surface area contributed by atoms with Crippen molar-refractivity contribution < 1.29 is 9.63 Å². The Morgan fingerprint density at radius 1 is 1.41 bits per heavy atom. The summed E-state index contributed by atoms with van der Waals surface area (Å²) in [5.74, 6) is 0.480. The van der Waals surface area contributed by atoms with Crippen LogP contribution in [-0.4, -0.2) is 39.5 Å². The summed E-state index contributed by atoms with van der Waals surface area (Å²) in [6.07, 6.45) is 5.26. The summed E-state index contributed by atoms with van der Waals surface area (Å²) in [4.78, 5) is 16.9. The normalized spacial score (nSPS) is 10.5. The van der Waals surface area contributed by atoms with Crippen molar-refractivity contribution in [2.75, 3.05) is 14.2 Å². The topological polar surface area (TPSA) is 52.3 Å². The van der Waals surface area contributed by atoms with Gasteiger partial charge in [-0.15, -0.1) is 0 Å². The van der Waals surface area contributed by atoms with E-state index in [4.69, 9.17) is 4.84 Å². The lowest BCUT2D eigenvalue weighted by atomic mass is 10.3. The molecule has 0 N–H and O–H groups in total. The van der Waals surface area contributed by atoms with Gasteiger partial charge in [-0.2, -0.15) is 5.10 Å². The molecular weight excluding hydrogens is 220 g/mol. The lowest BCUT2D eigenvalue weighted by Gasteiger charge is -2.14. The van der Waals surface area contributed by atoms with Gasteiger partial charge in [0.25, 0.3) is 5.91 Å². The fourth-order valence-electron chi connectivity index (χ4n) is 1.62. The fraction of sp³-hybridized carbons (Fsp3) is 0.273. The first-order chi connectivity index (χ1) is 8.15. The molecule has 0 aromatic carbocycles. The van der Waals surface area contributed by atoms with Gasteiger partial charge in [0, 0.05) is 26.5 Å². The van der Waals surface area contributed by atoms with Gasteiger partial charge < -0.3 is 4.57 Å². The van der Waals surface area contributed by atoms with Gasteiger partial charge in [-0.3, -0.25) is 14.3 Å². The summed E-state index contributed by atoms with van der Waals surface area (Å²) in [7, 11) is 4.80. The fourth-order valence-corrected chi connectivity index (χ4v) is 1.62. The Morgan fingerprint density at radius 2 is 2.06 bits per heavy atom. The summed E-state index contributed by atoms with van der Waals surface area (Å²) in [5, 5.41) is 5.27. The standard InChI is InChI=1S/C11H14N4O2/c1-13-10(15-6-4-5-7-15)9(8-12-13)11(16)14(2)17-3/h4-8H,1-3H3. The zero-order valence-corrected chi connectivity index (χ0v) is 9.99. The molecule has 0 unspecified atom stereocenters. The molecular formula is C11H14N4O2. The maximum atomic E-state index is 12.0. The van der Waals surface area contributed by atoms with Crippen LogP contribution in [0.15, 0.2) is 30.7 Å². The summed E-state index contributed by atoms with van der Waals surface area (Å²) in [6.45, 7) is 0. The van der Waals surface area contributed by atoms with Crippen molar-refractivity contribution in [1.29, 1.82) is 0 Å². The molecule has 2 rings (SSSR count). The number of hydrogen-bond acceptors (Lipinski definition) is 3. The molecule has 2 heterocycles. The summed E-state index contributed by atoms with van der Waals surface area (Å²) in [5.41, 5.74) is 0.494. The average Bonchev–Trinajstić information content (AvgIpc) is 2.95. The number of aryl methyl sites for hydroxylation is 1. The van der Waals surface area contributed by atoms with Gasteiger partial charge >= 0.3 is 0 Å². The molecule has 2 aromatic heterocycles. The Hall–Kier alpha value is -2.08. The molecule has 0 saturated heterocycles. The van der Waals surface area contributed by atoms with Gasteiger partial charge in [0.15, 0.2) is 0 Å². The van der Waals surface area contributed by atoms with Crippen LogP contribution in [0, 0.1) is 0 Å². The Kier molecular flexibility index (Phi) is 2.97. The van der Waals surface area contributed by atoms with E-state index in [-0.39, 0.29) is 5.91 Å². The minimum atomic E-state index is -0.232. The van der Waals surface area contributed by atoms with Crippen molar-refractivity contribution in [2.45, 2.75) is 0 Å². The van der Waals surface area contributed by atoms with Crippen molar-refractivity contribution in [3.63, 3.8) is 0 Å². The summed E-state index contributed by atoms with van der Waals surface area (Å²) < 4.78 is 3.49. The molecule has 0 saturated carbocycles. The number of hydroxylamine groups is 2. The summed E-state index contributed by atoms with van der Waals surface area (Å²) >= 11 is 0. The largest absolute Gasteiger partial charge is 0.308 e. The predicted molar refractivity (Wildman–Crippen MR) is 61.6 cm³/mol. The second kappa shape index (κ2) is 4.42. The third-order valence-electron chi connectivity index (χ3n) is 2.55. The maximum absolute atomic E-state index is 12.0. The van der Waals surface area contributed by atoms with E-state index in [1.165, 1.54) is 18.4 Å². The van der Waals surface area contributed by atoms with Crippen molar-refractivity contribution in [1.82, 2.24) is 19.4 Å². The molecule has 0 radical (unpaired) electrons. The average molecular weight is 234 g/mol.